The van der Waals surface area contributed by atoms with Gasteiger partial charge in [-0.15, -0.1) is 0 Å². The number of urea groups is 1. The smallest absolute Gasteiger partial charge is 0.335 e. The second-order valence-corrected chi connectivity index (χ2v) is 3.50. The zero-order valence-electron chi connectivity index (χ0n) is 9.49. The molecule has 0 fully saturated rings. The van der Waals surface area contributed by atoms with Crippen molar-refractivity contribution in [2.24, 2.45) is 5.73 Å². The number of anilines is 1. The quantitative estimate of drug-likeness (QED) is 0.620. The van der Waals surface area contributed by atoms with Crippen molar-refractivity contribution in [3.8, 4) is 0 Å². The van der Waals surface area contributed by atoms with Crippen molar-refractivity contribution in [2.75, 3.05) is 18.4 Å². The van der Waals surface area contributed by atoms with Gasteiger partial charge in [-0.25, -0.2) is 9.59 Å². The summed E-state index contributed by atoms with van der Waals surface area (Å²) in [4.78, 5) is 22.2. The fourth-order valence-electron chi connectivity index (χ4n) is 1.24. The second-order valence-electron chi connectivity index (χ2n) is 3.50. The van der Waals surface area contributed by atoms with E-state index in [1.165, 1.54) is 12.1 Å². The first-order chi connectivity index (χ1) is 8.04. The maximum Gasteiger partial charge on any atom is 0.335 e. The van der Waals surface area contributed by atoms with E-state index in [2.05, 4.69) is 10.6 Å². The van der Waals surface area contributed by atoms with E-state index in [4.69, 9.17) is 10.8 Å². The Morgan fingerprint density at radius 3 is 2.71 bits per heavy atom. The standard InChI is InChI=1S/C11H15N3O3/c1-7-2-3-8(10(15)16)6-9(7)14-11(17)13-5-4-12/h2-3,6H,4-5,12H2,1H3,(H,15,16)(H2,13,14,17). The fourth-order valence-corrected chi connectivity index (χ4v) is 1.24. The molecule has 1 aromatic carbocycles. The minimum atomic E-state index is -1.03. The highest BCUT2D eigenvalue weighted by Gasteiger charge is 2.08. The van der Waals surface area contributed by atoms with Gasteiger partial charge in [-0.2, -0.15) is 0 Å². The lowest BCUT2D eigenvalue weighted by atomic mass is 10.1. The summed E-state index contributed by atoms with van der Waals surface area (Å²) < 4.78 is 0. The number of nitrogens with two attached hydrogens (primary N) is 1. The molecule has 0 spiro atoms. The van der Waals surface area contributed by atoms with Crippen molar-refractivity contribution in [3.05, 3.63) is 29.3 Å². The van der Waals surface area contributed by atoms with Gasteiger partial charge >= 0.3 is 12.0 Å². The molecule has 6 heteroatoms. The molecule has 6 nitrogen and oxygen atoms in total. The summed E-state index contributed by atoms with van der Waals surface area (Å²) >= 11 is 0. The topological polar surface area (TPSA) is 104 Å². The number of hydrogen-bond acceptors (Lipinski definition) is 3. The van der Waals surface area contributed by atoms with Gasteiger partial charge in [-0.05, 0) is 24.6 Å². The largest absolute Gasteiger partial charge is 0.478 e. The van der Waals surface area contributed by atoms with Gasteiger partial charge in [0.1, 0.15) is 0 Å². The molecule has 0 atom stereocenters. The van der Waals surface area contributed by atoms with E-state index >= 15 is 0 Å². The van der Waals surface area contributed by atoms with Crippen LogP contribution >= 0.6 is 0 Å². The Labute approximate surface area is 98.8 Å². The lowest BCUT2D eigenvalue weighted by Crippen LogP contribution is -2.33. The molecule has 92 valence electrons. The van der Waals surface area contributed by atoms with Crippen LogP contribution in [0, 0.1) is 6.92 Å². The van der Waals surface area contributed by atoms with Crippen LogP contribution in [0.3, 0.4) is 0 Å². The average molecular weight is 237 g/mol. The molecule has 0 heterocycles. The molecule has 0 aliphatic rings. The van der Waals surface area contributed by atoms with Gasteiger partial charge in [-0.1, -0.05) is 6.07 Å². The first-order valence-corrected chi connectivity index (χ1v) is 5.13. The number of amides is 2. The van der Waals surface area contributed by atoms with E-state index in [9.17, 15) is 9.59 Å². The van der Waals surface area contributed by atoms with Crippen LogP contribution in [0.2, 0.25) is 0 Å². The van der Waals surface area contributed by atoms with Crippen molar-refractivity contribution < 1.29 is 14.7 Å². The van der Waals surface area contributed by atoms with Crippen molar-refractivity contribution in [1.29, 1.82) is 0 Å². The molecule has 0 saturated carbocycles. The third-order valence-electron chi connectivity index (χ3n) is 2.16. The maximum absolute atomic E-state index is 11.4. The first-order valence-electron chi connectivity index (χ1n) is 5.13. The van der Waals surface area contributed by atoms with E-state index in [1.807, 2.05) is 0 Å². The molecule has 1 aromatic rings. The monoisotopic (exact) mass is 237 g/mol. The van der Waals surface area contributed by atoms with Crippen LogP contribution in [0.4, 0.5) is 10.5 Å². The molecule has 0 aromatic heterocycles. The number of aryl methyl sites for hydroxylation is 1. The normalized spacial score (nSPS) is 9.76. The number of carboxylic acid groups (broad SMARTS) is 1. The van der Waals surface area contributed by atoms with Crippen molar-refractivity contribution in [1.82, 2.24) is 5.32 Å². The summed E-state index contributed by atoms with van der Waals surface area (Å²) in [6, 6.07) is 4.14. The Morgan fingerprint density at radius 2 is 2.12 bits per heavy atom. The van der Waals surface area contributed by atoms with Crippen LogP contribution in [0.25, 0.3) is 0 Å². The minimum absolute atomic E-state index is 0.129. The van der Waals surface area contributed by atoms with E-state index in [1.54, 1.807) is 13.0 Å². The number of nitrogens with one attached hydrogen (secondary N) is 2. The van der Waals surface area contributed by atoms with Gasteiger partial charge in [0.15, 0.2) is 0 Å². The van der Waals surface area contributed by atoms with Gasteiger partial charge < -0.3 is 21.5 Å². The van der Waals surface area contributed by atoms with E-state index in [0.717, 1.165) is 5.56 Å². The Bertz CT molecular complexity index is 432. The zero-order chi connectivity index (χ0) is 12.8. The van der Waals surface area contributed by atoms with Gasteiger partial charge in [0.25, 0.3) is 0 Å². The summed E-state index contributed by atoms with van der Waals surface area (Å²) in [7, 11) is 0. The molecule has 2 amide bonds. The second kappa shape index (κ2) is 5.86. The van der Waals surface area contributed by atoms with Crippen LogP contribution < -0.4 is 16.4 Å². The van der Waals surface area contributed by atoms with Gasteiger partial charge in [0.2, 0.25) is 0 Å². The van der Waals surface area contributed by atoms with Crippen LogP contribution in [-0.2, 0) is 0 Å². The summed E-state index contributed by atoms with van der Waals surface area (Å²) in [6.07, 6.45) is 0. The molecule has 0 unspecified atom stereocenters. The van der Waals surface area contributed by atoms with Crippen LogP contribution in [0.5, 0.6) is 0 Å². The first kappa shape index (κ1) is 13.0. The molecule has 0 aliphatic carbocycles. The number of aromatic carboxylic acids is 1. The molecule has 5 N–H and O–H groups in total. The molecular weight excluding hydrogens is 222 g/mol. The predicted molar refractivity (Wildman–Crippen MR) is 64.2 cm³/mol. The molecule has 1 rings (SSSR count). The predicted octanol–water partition coefficient (Wildman–Crippen LogP) is 0.773. The molecule has 0 radical (unpaired) electrons. The highest BCUT2D eigenvalue weighted by atomic mass is 16.4. The number of benzene rings is 1. The fraction of sp³-hybridized carbons (Fsp3) is 0.273. The van der Waals surface area contributed by atoms with Gasteiger partial charge in [-0.3, -0.25) is 0 Å². The molecule has 0 bridgehead atoms. The molecule has 0 aliphatic heterocycles. The molecular formula is C11H15N3O3. The third kappa shape index (κ3) is 3.76. The van der Waals surface area contributed by atoms with E-state index in [-0.39, 0.29) is 5.56 Å². The number of carboxylic acids is 1. The number of carbonyl (C=O) groups is 2. The Kier molecular flexibility index (Phi) is 4.47. The number of carbonyl (C=O) groups excluding carboxylic acids is 1. The summed E-state index contributed by atoms with van der Waals surface area (Å²) in [5, 5.41) is 13.9. The highest BCUT2D eigenvalue weighted by Crippen LogP contribution is 2.16. The highest BCUT2D eigenvalue weighted by molar-refractivity contribution is 5.93. The average Bonchev–Trinajstić information content (AvgIpc) is 2.29. The molecule has 17 heavy (non-hydrogen) atoms. The van der Waals surface area contributed by atoms with Crippen LogP contribution in [0.15, 0.2) is 18.2 Å². The van der Waals surface area contributed by atoms with E-state index in [0.29, 0.717) is 18.8 Å². The van der Waals surface area contributed by atoms with Gasteiger partial charge in [0.05, 0.1) is 5.56 Å². The summed E-state index contributed by atoms with van der Waals surface area (Å²) in [6.45, 7) is 2.50. The maximum atomic E-state index is 11.4. The number of hydrogen-bond donors (Lipinski definition) is 4. The zero-order valence-corrected chi connectivity index (χ0v) is 9.49. The third-order valence-corrected chi connectivity index (χ3v) is 2.16. The van der Waals surface area contributed by atoms with E-state index < -0.39 is 12.0 Å². The Morgan fingerprint density at radius 1 is 1.41 bits per heavy atom. The lowest BCUT2D eigenvalue weighted by molar-refractivity contribution is 0.0697. The van der Waals surface area contributed by atoms with Crippen LogP contribution in [0.1, 0.15) is 15.9 Å². The van der Waals surface area contributed by atoms with Crippen molar-refractivity contribution in [3.63, 3.8) is 0 Å². The summed E-state index contributed by atoms with van der Waals surface area (Å²) in [5.41, 5.74) is 6.63. The van der Waals surface area contributed by atoms with Crippen molar-refractivity contribution >= 4 is 17.7 Å². The van der Waals surface area contributed by atoms with Gasteiger partial charge in [0, 0.05) is 18.8 Å². The minimum Gasteiger partial charge on any atom is -0.478 e. The Hall–Kier alpha value is -2.08. The molecule has 0 saturated heterocycles. The SMILES string of the molecule is Cc1ccc(C(=O)O)cc1NC(=O)NCCN. The summed E-state index contributed by atoms with van der Waals surface area (Å²) in [5.74, 6) is -1.03. The number of rotatable bonds is 4. The van der Waals surface area contributed by atoms with Crippen molar-refractivity contribution in [2.45, 2.75) is 6.92 Å². The lowest BCUT2D eigenvalue weighted by Gasteiger charge is -2.10. The Balaban J connectivity index is 2.79. The van der Waals surface area contributed by atoms with Crippen LogP contribution in [-0.4, -0.2) is 30.2 Å².